The van der Waals surface area contributed by atoms with Gasteiger partial charge in [0.2, 0.25) is 5.91 Å². The van der Waals surface area contributed by atoms with Crippen molar-refractivity contribution in [2.24, 2.45) is 0 Å². The summed E-state index contributed by atoms with van der Waals surface area (Å²) in [6, 6.07) is 6.95. The number of carbonyl (C=O) groups is 2. The van der Waals surface area contributed by atoms with Gasteiger partial charge in [0.1, 0.15) is 0 Å². The van der Waals surface area contributed by atoms with Crippen LogP contribution >= 0.6 is 11.6 Å². The van der Waals surface area contributed by atoms with E-state index in [0.717, 1.165) is 19.6 Å². The predicted octanol–water partition coefficient (Wildman–Crippen LogP) is 0.890. The Morgan fingerprint density at radius 3 is 2.90 bits per heavy atom. The lowest BCUT2D eigenvalue weighted by Crippen LogP contribution is -2.53. The molecule has 0 radical (unpaired) electrons. The molecule has 2 amide bonds. The third-order valence-electron chi connectivity index (χ3n) is 3.36. The molecule has 1 heterocycles. The molecule has 0 aromatic heterocycles. The second-order valence-corrected chi connectivity index (χ2v) is 5.29. The Balaban J connectivity index is 1.91. The number of piperazine rings is 1. The van der Waals surface area contributed by atoms with Crippen LogP contribution in [0.1, 0.15) is 17.3 Å². The van der Waals surface area contributed by atoms with Crippen molar-refractivity contribution in [2.75, 3.05) is 26.2 Å². The number of benzene rings is 1. The first kappa shape index (κ1) is 15.0. The Kier molecular flexibility index (Phi) is 5.11. The molecule has 108 valence electrons. The van der Waals surface area contributed by atoms with E-state index < -0.39 is 5.91 Å². The SMILES string of the molecule is C[C@@H]1CNCCN1CC(=O)NC(=O)c1ccccc1Cl. The van der Waals surface area contributed by atoms with Gasteiger partial charge in [-0.2, -0.15) is 0 Å². The Hall–Kier alpha value is -1.43. The van der Waals surface area contributed by atoms with Gasteiger partial charge in [0.15, 0.2) is 0 Å². The molecule has 0 aliphatic carbocycles. The molecule has 0 saturated carbocycles. The Labute approximate surface area is 123 Å². The van der Waals surface area contributed by atoms with E-state index in [9.17, 15) is 9.59 Å². The average molecular weight is 296 g/mol. The predicted molar refractivity (Wildman–Crippen MR) is 77.8 cm³/mol. The molecule has 2 rings (SSSR count). The van der Waals surface area contributed by atoms with E-state index in [1.807, 2.05) is 4.90 Å². The van der Waals surface area contributed by atoms with E-state index in [4.69, 9.17) is 11.6 Å². The van der Waals surface area contributed by atoms with Crippen molar-refractivity contribution in [1.82, 2.24) is 15.5 Å². The van der Waals surface area contributed by atoms with Gasteiger partial charge in [0, 0.05) is 25.7 Å². The first-order chi connectivity index (χ1) is 9.58. The number of hydrogen-bond donors (Lipinski definition) is 2. The lowest BCUT2D eigenvalue weighted by atomic mass is 10.2. The maximum atomic E-state index is 12.0. The van der Waals surface area contributed by atoms with Gasteiger partial charge < -0.3 is 5.32 Å². The van der Waals surface area contributed by atoms with E-state index in [1.54, 1.807) is 24.3 Å². The van der Waals surface area contributed by atoms with Crippen LogP contribution in [-0.4, -0.2) is 48.9 Å². The zero-order chi connectivity index (χ0) is 14.5. The van der Waals surface area contributed by atoms with Gasteiger partial charge in [-0.15, -0.1) is 0 Å². The fourth-order valence-electron chi connectivity index (χ4n) is 2.18. The van der Waals surface area contributed by atoms with Crippen molar-refractivity contribution in [3.8, 4) is 0 Å². The van der Waals surface area contributed by atoms with Gasteiger partial charge in [-0.05, 0) is 19.1 Å². The minimum Gasteiger partial charge on any atom is -0.314 e. The second kappa shape index (κ2) is 6.83. The number of amides is 2. The number of nitrogens with one attached hydrogen (secondary N) is 2. The zero-order valence-electron chi connectivity index (χ0n) is 11.4. The second-order valence-electron chi connectivity index (χ2n) is 4.88. The molecule has 5 nitrogen and oxygen atoms in total. The molecule has 1 aliphatic heterocycles. The minimum absolute atomic E-state index is 0.221. The van der Waals surface area contributed by atoms with Crippen molar-refractivity contribution in [3.05, 3.63) is 34.9 Å². The van der Waals surface area contributed by atoms with E-state index in [1.165, 1.54) is 0 Å². The van der Waals surface area contributed by atoms with Crippen LogP contribution in [0.5, 0.6) is 0 Å². The highest BCUT2D eigenvalue weighted by Crippen LogP contribution is 2.14. The summed E-state index contributed by atoms with van der Waals surface area (Å²) in [4.78, 5) is 25.9. The molecule has 1 fully saturated rings. The molecule has 1 aromatic rings. The standard InChI is InChI=1S/C14H18ClN3O2/c1-10-8-16-6-7-18(10)9-13(19)17-14(20)11-4-2-3-5-12(11)15/h2-5,10,16H,6-9H2,1H3,(H,17,19,20)/t10-/m1/s1. The lowest BCUT2D eigenvalue weighted by Gasteiger charge is -2.33. The zero-order valence-corrected chi connectivity index (χ0v) is 12.1. The van der Waals surface area contributed by atoms with Crippen molar-refractivity contribution in [2.45, 2.75) is 13.0 Å². The monoisotopic (exact) mass is 295 g/mol. The maximum Gasteiger partial charge on any atom is 0.259 e. The molecular weight excluding hydrogens is 278 g/mol. The van der Waals surface area contributed by atoms with Gasteiger partial charge in [0.25, 0.3) is 5.91 Å². The molecular formula is C14H18ClN3O2. The van der Waals surface area contributed by atoms with Gasteiger partial charge in [0.05, 0.1) is 17.1 Å². The van der Waals surface area contributed by atoms with E-state index in [2.05, 4.69) is 17.6 Å². The van der Waals surface area contributed by atoms with E-state index in [0.29, 0.717) is 10.6 Å². The largest absolute Gasteiger partial charge is 0.314 e. The molecule has 0 bridgehead atoms. The average Bonchev–Trinajstić information content (AvgIpc) is 2.41. The van der Waals surface area contributed by atoms with Gasteiger partial charge in [-0.1, -0.05) is 23.7 Å². The maximum absolute atomic E-state index is 12.0. The van der Waals surface area contributed by atoms with E-state index in [-0.39, 0.29) is 18.5 Å². The van der Waals surface area contributed by atoms with Crippen LogP contribution in [0.4, 0.5) is 0 Å². The molecule has 0 spiro atoms. The summed E-state index contributed by atoms with van der Waals surface area (Å²) in [7, 11) is 0. The topological polar surface area (TPSA) is 61.4 Å². The van der Waals surface area contributed by atoms with Crippen LogP contribution < -0.4 is 10.6 Å². The summed E-state index contributed by atoms with van der Waals surface area (Å²) in [5.41, 5.74) is 0.316. The number of halogens is 1. The highest BCUT2D eigenvalue weighted by atomic mass is 35.5. The molecule has 6 heteroatoms. The Morgan fingerprint density at radius 1 is 1.45 bits per heavy atom. The van der Waals surface area contributed by atoms with Crippen LogP contribution in [0, 0.1) is 0 Å². The normalized spacial score (nSPS) is 19.6. The summed E-state index contributed by atoms with van der Waals surface area (Å²) in [6.07, 6.45) is 0. The molecule has 1 atom stereocenters. The van der Waals surface area contributed by atoms with Crippen molar-refractivity contribution < 1.29 is 9.59 Å². The van der Waals surface area contributed by atoms with Gasteiger partial charge >= 0.3 is 0 Å². The molecule has 1 aliphatic rings. The van der Waals surface area contributed by atoms with Crippen LogP contribution in [0.15, 0.2) is 24.3 Å². The van der Waals surface area contributed by atoms with E-state index >= 15 is 0 Å². The summed E-state index contributed by atoms with van der Waals surface area (Å²) < 4.78 is 0. The summed E-state index contributed by atoms with van der Waals surface area (Å²) >= 11 is 5.93. The number of carbonyl (C=O) groups excluding carboxylic acids is 2. The number of imide groups is 1. The number of hydrogen-bond acceptors (Lipinski definition) is 4. The quantitative estimate of drug-likeness (QED) is 0.869. The first-order valence-corrected chi connectivity index (χ1v) is 6.99. The third kappa shape index (κ3) is 3.79. The van der Waals surface area contributed by atoms with Crippen LogP contribution in [-0.2, 0) is 4.79 Å². The highest BCUT2D eigenvalue weighted by molar-refractivity contribution is 6.34. The van der Waals surface area contributed by atoms with Crippen molar-refractivity contribution >= 4 is 23.4 Å². The fraction of sp³-hybridized carbons (Fsp3) is 0.429. The van der Waals surface area contributed by atoms with Crippen molar-refractivity contribution in [3.63, 3.8) is 0 Å². The lowest BCUT2D eigenvalue weighted by molar-refractivity contribution is -0.121. The smallest absolute Gasteiger partial charge is 0.259 e. The molecule has 1 aromatic carbocycles. The van der Waals surface area contributed by atoms with Crippen LogP contribution in [0.3, 0.4) is 0 Å². The fourth-order valence-corrected chi connectivity index (χ4v) is 2.40. The summed E-state index contributed by atoms with van der Waals surface area (Å²) in [6.45, 7) is 4.78. The molecule has 1 saturated heterocycles. The van der Waals surface area contributed by atoms with Gasteiger partial charge in [-0.3, -0.25) is 19.8 Å². The van der Waals surface area contributed by atoms with Crippen LogP contribution in [0.25, 0.3) is 0 Å². The van der Waals surface area contributed by atoms with Crippen molar-refractivity contribution in [1.29, 1.82) is 0 Å². The van der Waals surface area contributed by atoms with Gasteiger partial charge in [-0.25, -0.2) is 0 Å². The van der Waals surface area contributed by atoms with Crippen LogP contribution in [0.2, 0.25) is 5.02 Å². The molecule has 2 N–H and O–H groups in total. The number of nitrogens with zero attached hydrogens (tertiary/aromatic N) is 1. The Bertz CT molecular complexity index is 507. The minimum atomic E-state index is -0.455. The third-order valence-corrected chi connectivity index (χ3v) is 3.69. The highest BCUT2D eigenvalue weighted by Gasteiger charge is 2.21. The summed E-state index contributed by atoms with van der Waals surface area (Å²) in [5.74, 6) is -0.757. The number of rotatable bonds is 3. The first-order valence-electron chi connectivity index (χ1n) is 6.61. The Morgan fingerprint density at radius 2 is 2.20 bits per heavy atom. The summed E-state index contributed by atoms with van der Waals surface area (Å²) in [5, 5.41) is 5.98. The molecule has 20 heavy (non-hydrogen) atoms. The molecule has 0 unspecified atom stereocenters.